The van der Waals surface area contributed by atoms with E-state index in [1.54, 1.807) is 0 Å². The monoisotopic (exact) mass is 256 g/mol. The van der Waals surface area contributed by atoms with E-state index < -0.39 is 0 Å². The molecular weight excluding hydrogens is 220 g/mol. The minimum atomic E-state index is 0.144. The summed E-state index contributed by atoms with van der Waals surface area (Å²) in [7, 11) is 0. The topological polar surface area (TPSA) is 38.0 Å². The smallest absolute Gasteiger partial charge is 0.0168 e. The third-order valence-electron chi connectivity index (χ3n) is 3.90. The van der Waals surface area contributed by atoms with E-state index >= 15 is 0 Å². The number of unbranched alkanes of at least 4 members (excludes halogenated alkanes) is 3. The molecule has 0 aliphatic carbocycles. The number of nitrogens with two attached hydrogens (primary N) is 1. The Hall–Kier alpha value is -0.0800. The zero-order valence-electron chi connectivity index (χ0n) is 13.6. The maximum Gasteiger partial charge on any atom is 0.0168 e. The van der Waals surface area contributed by atoms with Crippen molar-refractivity contribution in [1.29, 1.82) is 0 Å². The highest BCUT2D eigenvalue weighted by Crippen LogP contribution is 2.26. The molecule has 0 fully saturated rings. The molecule has 2 heteroatoms. The van der Waals surface area contributed by atoms with Crippen LogP contribution in [-0.2, 0) is 0 Å². The highest BCUT2D eigenvalue weighted by atomic mass is 15.0. The molecule has 2 nitrogen and oxygen atoms in total. The average Bonchev–Trinajstić information content (AvgIpc) is 2.25. The van der Waals surface area contributed by atoms with E-state index in [1.807, 2.05) is 0 Å². The van der Waals surface area contributed by atoms with Crippen LogP contribution in [0.15, 0.2) is 0 Å². The molecule has 2 unspecified atom stereocenters. The van der Waals surface area contributed by atoms with Crippen molar-refractivity contribution >= 4 is 0 Å². The molecule has 0 aromatic heterocycles. The molecule has 0 spiro atoms. The fraction of sp³-hybridized carbons (Fsp3) is 1.00. The molecule has 0 saturated heterocycles. The third kappa shape index (κ3) is 7.38. The van der Waals surface area contributed by atoms with Crippen LogP contribution in [0.3, 0.4) is 0 Å². The summed E-state index contributed by atoms with van der Waals surface area (Å²) in [5.74, 6) is 1.26. The highest BCUT2D eigenvalue weighted by molar-refractivity contribution is 4.90. The molecule has 0 radical (unpaired) electrons. The largest absolute Gasteiger partial charge is 0.328 e. The van der Waals surface area contributed by atoms with Crippen LogP contribution in [0.25, 0.3) is 0 Å². The van der Waals surface area contributed by atoms with Crippen molar-refractivity contribution in [2.24, 2.45) is 17.6 Å². The molecule has 0 aliphatic heterocycles. The number of hydrogen-bond acceptors (Lipinski definition) is 2. The van der Waals surface area contributed by atoms with Crippen LogP contribution in [0.4, 0.5) is 0 Å². The van der Waals surface area contributed by atoms with Crippen LogP contribution in [0.1, 0.15) is 73.6 Å². The van der Waals surface area contributed by atoms with Crippen LogP contribution in [0.2, 0.25) is 0 Å². The second-order valence-corrected chi connectivity index (χ2v) is 6.81. The van der Waals surface area contributed by atoms with Gasteiger partial charge in [0.1, 0.15) is 0 Å². The van der Waals surface area contributed by atoms with Crippen LogP contribution in [-0.4, -0.2) is 18.1 Å². The predicted molar refractivity (Wildman–Crippen MR) is 82.8 cm³/mol. The van der Waals surface area contributed by atoms with Gasteiger partial charge < -0.3 is 11.1 Å². The van der Waals surface area contributed by atoms with E-state index in [0.717, 1.165) is 6.54 Å². The molecule has 0 bridgehead atoms. The normalized spacial score (nSPS) is 16.0. The Kier molecular flexibility index (Phi) is 8.89. The van der Waals surface area contributed by atoms with Gasteiger partial charge in [-0.05, 0) is 45.6 Å². The molecule has 0 rings (SSSR count). The lowest BCUT2D eigenvalue weighted by Crippen LogP contribution is -2.52. The lowest BCUT2D eigenvalue weighted by atomic mass is 9.79. The molecule has 2 atom stereocenters. The lowest BCUT2D eigenvalue weighted by Gasteiger charge is -2.39. The van der Waals surface area contributed by atoms with Crippen LogP contribution >= 0.6 is 0 Å². The zero-order chi connectivity index (χ0) is 14.2. The van der Waals surface area contributed by atoms with Crippen LogP contribution in [0.5, 0.6) is 0 Å². The van der Waals surface area contributed by atoms with E-state index in [2.05, 4.69) is 46.9 Å². The minimum absolute atomic E-state index is 0.144. The fourth-order valence-electron chi connectivity index (χ4n) is 2.67. The van der Waals surface area contributed by atoms with E-state index in [0.29, 0.717) is 11.8 Å². The molecule has 3 N–H and O–H groups in total. The van der Waals surface area contributed by atoms with Gasteiger partial charge in [0.15, 0.2) is 0 Å². The fourth-order valence-corrected chi connectivity index (χ4v) is 2.67. The summed E-state index contributed by atoms with van der Waals surface area (Å²) in [6, 6.07) is 0.265. The number of nitrogens with one attached hydrogen (secondary N) is 1. The molecule has 0 amide bonds. The SMILES string of the molecule is CCCCCCC(C(C)N)C(C)(C)NCC(C)C. The van der Waals surface area contributed by atoms with E-state index in [-0.39, 0.29) is 11.6 Å². The molecule has 110 valence electrons. The summed E-state index contributed by atoms with van der Waals surface area (Å²) in [6.45, 7) is 14.6. The molecule has 0 heterocycles. The van der Waals surface area contributed by atoms with Gasteiger partial charge in [-0.1, -0.05) is 46.5 Å². The molecule has 0 aromatic carbocycles. The van der Waals surface area contributed by atoms with Crippen molar-refractivity contribution in [3.8, 4) is 0 Å². The second kappa shape index (κ2) is 8.92. The molecule has 0 saturated carbocycles. The molecular formula is C16H36N2. The van der Waals surface area contributed by atoms with E-state index in [1.165, 1.54) is 32.1 Å². The Bertz CT molecular complexity index is 197. The Morgan fingerprint density at radius 2 is 1.67 bits per heavy atom. The van der Waals surface area contributed by atoms with Gasteiger partial charge in [-0.2, -0.15) is 0 Å². The Balaban J connectivity index is 4.28. The summed E-state index contributed by atoms with van der Waals surface area (Å²) >= 11 is 0. The van der Waals surface area contributed by atoms with Crippen molar-refractivity contribution in [3.63, 3.8) is 0 Å². The van der Waals surface area contributed by atoms with Crippen molar-refractivity contribution < 1.29 is 0 Å². The summed E-state index contributed by atoms with van der Waals surface area (Å²) in [5.41, 5.74) is 6.35. The number of rotatable bonds is 10. The minimum Gasteiger partial charge on any atom is -0.328 e. The third-order valence-corrected chi connectivity index (χ3v) is 3.90. The summed E-state index contributed by atoms with van der Waals surface area (Å²) < 4.78 is 0. The first-order valence-corrected chi connectivity index (χ1v) is 7.81. The first-order valence-electron chi connectivity index (χ1n) is 7.81. The average molecular weight is 256 g/mol. The van der Waals surface area contributed by atoms with Crippen molar-refractivity contribution in [1.82, 2.24) is 5.32 Å². The molecule has 18 heavy (non-hydrogen) atoms. The maximum absolute atomic E-state index is 6.20. The van der Waals surface area contributed by atoms with Gasteiger partial charge >= 0.3 is 0 Å². The summed E-state index contributed by atoms with van der Waals surface area (Å²) in [5, 5.41) is 3.70. The first-order chi connectivity index (χ1) is 8.31. The van der Waals surface area contributed by atoms with Crippen molar-refractivity contribution in [3.05, 3.63) is 0 Å². The Labute approximate surface area is 115 Å². The van der Waals surface area contributed by atoms with Gasteiger partial charge in [-0.3, -0.25) is 0 Å². The van der Waals surface area contributed by atoms with Gasteiger partial charge in [-0.15, -0.1) is 0 Å². The molecule has 0 aromatic rings. The highest BCUT2D eigenvalue weighted by Gasteiger charge is 2.31. The summed E-state index contributed by atoms with van der Waals surface area (Å²) in [4.78, 5) is 0. The van der Waals surface area contributed by atoms with Gasteiger partial charge in [0.25, 0.3) is 0 Å². The van der Waals surface area contributed by atoms with Gasteiger partial charge in [0.2, 0.25) is 0 Å². The van der Waals surface area contributed by atoms with Crippen LogP contribution in [0, 0.1) is 11.8 Å². The summed E-state index contributed by atoms with van der Waals surface area (Å²) in [6.07, 6.45) is 6.56. The maximum atomic E-state index is 6.20. The predicted octanol–water partition coefficient (Wildman–Crippen LogP) is 3.94. The quantitative estimate of drug-likeness (QED) is 0.581. The van der Waals surface area contributed by atoms with Gasteiger partial charge in [0, 0.05) is 11.6 Å². The second-order valence-electron chi connectivity index (χ2n) is 6.81. The Morgan fingerprint density at radius 3 is 2.11 bits per heavy atom. The van der Waals surface area contributed by atoms with E-state index in [4.69, 9.17) is 5.73 Å². The van der Waals surface area contributed by atoms with E-state index in [9.17, 15) is 0 Å². The Morgan fingerprint density at radius 1 is 1.06 bits per heavy atom. The van der Waals surface area contributed by atoms with Gasteiger partial charge in [-0.25, -0.2) is 0 Å². The van der Waals surface area contributed by atoms with Crippen molar-refractivity contribution in [2.75, 3.05) is 6.54 Å². The standard InChI is InChI=1S/C16H36N2/c1-7-8-9-10-11-15(14(4)17)16(5,6)18-12-13(2)3/h13-15,18H,7-12,17H2,1-6H3. The van der Waals surface area contributed by atoms with Crippen molar-refractivity contribution in [2.45, 2.75) is 85.2 Å². The van der Waals surface area contributed by atoms with Crippen LogP contribution < -0.4 is 11.1 Å². The van der Waals surface area contributed by atoms with Gasteiger partial charge in [0.05, 0.1) is 0 Å². The molecule has 0 aliphatic rings. The zero-order valence-corrected chi connectivity index (χ0v) is 13.6. The lowest BCUT2D eigenvalue weighted by molar-refractivity contribution is 0.199. The first kappa shape index (κ1) is 17.9. The number of hydrogen-bond donors (Lipinski definition) is 2.